The number of para-hydroxylation sites is 1. The monoisotopic (exact) mass is 408 g/mol. The average Bonchev–Trinajstić information content (AvgIpc) is 3.32. The Morgan fingerprint density at radius 1 is 1.15 bits per heavy atom. The van der Waals surface area contributed by atoms with Crippen LogP contribution in [0.1, 0.15) is 11.3 Å². The number of halogens is 1. The van der Waals surface area contributed by atoms with Gasteiger partial charge in [-0.25, -0.2) is 0 Å². The highest BCUT2D eigenvalue weighted by Gasteiger charge is 2.28. The van der Waals surface area contributed by atoms with E-state index in [-0.39, 0.29) is 23.0 Å². The molecule has 1 atom stereocenters. The van der Waals surface area contributed by atoms with E-state index in [0.29, 0.717) is 11.6 Å². The number of nitro groups is 1. The van der Waals surface area contributed by atoms with E-state index in [4.69, 9.17) is 0 Å². The minimum Gasteiger partial charge on any atom is -0.314 e. The Labute approximate surface area is 169 Å². The lowest BCUT2D eigenvalue weighted by Crippen LogP contribution is -2.49. The van der Waals surface area contributed by atoms with Crippen LogP contribution in [0.5, 0.6) is 0 Å². The summed E-state index contributed by atoms with van der Waals surface area (Å²) in [6.45, 7) is 7.69. The molecule has 0 radical (unpaired) electrons. The summed E-state index contributed by atoms with van der Waals surface area (Å²) in [5.74, 6) is 0. The number of hydrogen-bond acceptors (Lipinski definition) is 6. The maximum atomic E-state index is 11.3. The van der Waals surface area contributed by atoms with Crippen LogP contribution in [0.3, 0.4) is 0 Å². The van der Waals surface area contributed by atoms with Gasteiger partial charge in [-0.1, -0.05) is 12.1 Å². The van der Waals surface area contributed by atoms with Crippen LogP contribution >= 0.6 is 23.7 Å². The highest BCUT2D eigenvalue weighted by atomic mass is 35.5. The number of hydrogen-bond donors (Lipinski definition) is 1. The van der Waals surface area contributed by atoms with E-state index in [1.807, 2.05) is 18.2 Å². The van der Waals surface area contributed by atoms with Crippen molar-refractivity contribution in [2.45, 2.75) is 19.0 Å². The van der Waals surface area contributed by atoms with E-state index in [1.165, 1.54) is 11.3 Å². The summed E-state index contributed by atoms with van der Waals surface area (Å²) in [4.78, 5) is 18.3. The first-order valence-corrected chi connectivity index (χ1v) is 10.0. The highest BCUT2D eigenvalue weighted by molar-refractivity contribution is 7.15. The van der Waals surface area contributed by atoms with E-state index < -0.39 is 0 Å². The predicted octanol–water partition coefficient (Wildman–Crippen LogP) is 3.22. The summed E-state index contributed by atoms with van der Waals surface area (Å²) in [6.07, 6.45) is 1.24. The van der Waals surface area contributed by atoms with Crippen LogP contribution in [0.15, 0.2) is 36.4 Å². The van der Waals surface area contributed by atoms with Gasteiger partial charge in [-0.05, 0) is 24.6 Å². The van der Waals surface area contributed by atoms with Gasteiger partial charge in [0.2, 0.25) is 0 Å². The second-order valence-corrected chi connectivity index (χ2v) is 8.17. The number of rotatable bonds is 5. The van der Waals surface area contributed by atoms with Gasteiger partial charge in [0.1, 0.15) is 0 Å². The Morgan fingerprint density at radius 3 is 2.70 bits per heavy atom. The molecule has 1 unspecified atom stereocenters. The summed E-state index contributed by atoms with van der Waals surface area (Å²) < 4.78 is 0. The van der Waals surface area contributed by atoms with Gasteiger partial charge < -0.3 is 5.32 Å². The minimum absolute atomic E-state index is 0. The van der Waals surface area contributed by atoms with Crippen molar-refractivity contribution in [2.75, 3.05) is 39.3 Å². The number of benzene rings is 1. The molecule has 0 bridgehead atoms. The third-order valence-electron chi connectivity index (χ3n) is 5.32. The molecule has 6 nitrogen and oxygen atoms in total. The van der Waals surface area contributed by atoms with Gasteiger partial charge in [-0.3, -0.25) is 19.9 Å². The van der Waals surface area contributed by atoms with Gasteiger partial charge >= 0.3 is 0 Å². The lowest BCUT2D eigenvalue weighted by atomic mass is 10.1. The van der Waals surface area contributed by atoms with E-state index in [0.717, 1.165) is 50.7 Å². The molecule has 2 aliphatic heterocycles. The Balaban J connectivity index is 0.00000210. The van der Waals surface area contributed by atoms with Crippen LogP contribution in [0.2, 0.25) is 0 Å². The smallest absolute Gasteiger partial charge is 0.278 e. The molecule has 1 N–H and O–H groups in total. The third kappa shape index (κ3) is 4.67. The molecule has 3 heterocycles. The second-order valence-electron chi connectivity index (χ2n) is 7.00. The van der Waals surface area contributed by atoms with E-state index in [1.54, 1.807) is 23.5 Å². The van der Waals surface area contributed by atoms with Crippen molar-refractivity contribution in [3.63, 3.8) is 0 Å². The van der Waals surface area contributed by atoms with Crippen LogP contribution in [0, 0.1) is 10.1 Å². The maximum absolute atomic E-state index is 11.3. The molecule has 146 valence electrons. The number of nitro benzene ring substituents is 1. The van der Waals surface area contributed by atoms with E-state index in [2.05, 4.69) is 21.2 Å². The van der Waals surface area contributed by atoms with Crippen molar-refractivity contribution in [1.29, 1.82) is 0 Å². The number of nitrogens with zero attached hydrogens (tertiary/aromatic N) is 3. The molecule has 8 heteroatoms. The summed E-state index contributed by atoms with van der Waals surface area (Å²) in [5, 5.41) is 14.7. The zero-order valence-electron chi connectivity index (χ0n) is 15.2. The van der Waals surface area contributed by atoms with Crippen LogP contribution in [-0.4, -0.2) is 60.0 Å². The highest BCUT2D eigenvalue weighted by Crippen LogP contribution is 2.35. The van der Waals surface area contributed by atoms with Crippen molar-refractivity contribution in [3.8, 4) is 10.4 Å². The zero-order chi connectivity index (χ0) is 17.9. The first-order chi connectivity index (χ1) is 12.7. The van der Waals surface area contributed by atoms with Gasteiger partial charge in [0.25, 0.3) is 5.69 Å². The molecular weight excluding hydrogens is 384 g/mol. The fraction of sp³-hybridized carbons (Fsp3) is 0.474. The Hall–Kier alpha value is -1.51. The van der Waals surface area contributed by atoms with Crippen molar-refractivity contribution in [1.82, 2.24) is 15.1 Å². The molecular formula is C19H25ClN4O2S. The van der Waals surface area contributed by atoms with Gasteiger partial charge in [0, 0.05) is 67.7 Å². The first-order valence-electron chi connectivity index (χ1n) is 9.20. The molecule has 2 aromatic rings. The normalized spacial score (nSPS) is 21.1. The van der Waals surface area contributed by atoms with Crippen molar-refractivity contribution in [3.05, 3.63) is 51.4 Å². The van der Waals surface area contributed by atoms with Crippen LogP contribution in [0.4, 0.5) is 5.69 Å². The fourth-order valence-electron chi connectivity index (χ4n) is 3.97. The molecule has 27 heavy (non-hydrogen) atoms. The lowest BCUT2D eigenvalue weighted by molar-refractivity contribution is -0.384. The average molecular weight is 409 g/mol. The number of nitrogens with one attached hydrogen (secondary N) is 1. The van der Waals surface area contributed by atoms with E-state index in [9.17, 15) is 10.1 Å². The summed E-state index contributed by atoms with van der Waals surface area (Å²) in [5.41, 5.74) is 0.898. The molecule has 4 rings (SSSR count). The lowest BCUT2D eigenvalue weighted by Gasteiger charge is -2.32. The van der Waals surface area contributed by atoms with Crippen LogP contribution in [0.25, 0.3) is 10.4 Å². The number of thiophene rings is 1. The Morgan fingerprint density at radius 2 is 1.93 bits per heavy atom. The first kappa shape index (κ1) is 20.2. The maximum Gasteiger partial charge on any atom is 0.278 e. The minimum atomic E-state index is -0.298. The molecule has 1 aromatic heterocycles. The summed E-state index contributed by atoms with van der Waals surface area (Å²) >= 11 is 1.67. The Bertz CT molecular complexity index is 779. The van der Waals surface area contributed by atoms with Gasteiger partial charge in [0.15, 0.2) is 0 Å². The molecule has 0 spiro atoms. The van der Waals surface area contributed by atoms with Gasteiger partial charge in [-0.15, -0.1) is 23.7 Å². The molecule has 0 aliphatic carbocycles. The SMILES string of the molecule is Cl.O=[N+]([O-])c1ccccc1-c1ccc(CN2CCC(N3CCNCC3)C2)s1. The van der Waals surface area contributed by atoms with Crippen LogP contribution < -0.4 is 5.32 Å². The van der Waals surface area contributed by atoms with Crippen molar-refractivity contribution < 1.29 is 4.92 Å². The largest absolute Gasteiger partial charge is 0.314 e. The zero-order valence-corrected chi connectivity index (χ0v) is 16.8. The topological polar surface area (TPSA) is 61.7 Å². The van der Waals surface area contributed by atoms with Crippen LogP contribution in [-0.2, 0) is 6.54 Å². The van der Waals surface area contributed by atoms with E-state index >= 15 is 0 Å². The molecule has 2 fully saturated rings. The molecule has 2 saturated heterocycles. The van der Waals surface area contributed by atoms with Crippen molar-refractivity contribution in [2.24, 2.45) is 0 Å². The second kappa shape index (κ2) is 9.12. The molecule has 1 aromatic carbocycles. The summed E-state index contributed by atoms with van der Waals surface area (Å²) in [6, 6.07) is 11.8. The summed E-state index contributed by atoms with van der Waals surface area (Å²) in [7, 11) is 0. The third-order valence-corrected chi connectivity index (χ3v) is 6.43. The van der Waals surface area contributed by atoms with Gasteiger partial charge in [-0.2, -0.15) is 0 Å². The quantitative estimate of drug-likeness (QED) is 0.608. The number of likely N-dealkylation sites (tertiary alicyclic amines) is 1. The fourth-order valence-corrected chi connectivity index (χ4v) is 5.05. The molecule has 2 aliphatic rings. The standard InChI is InChI=1S/C19H24N4O2S.ClH/c24-23(25)18-4-2-1-3-17(18)19-6-5-16(26-19)14-21-10-7-15(13-21)22-11-8-20-9-12-22;/h1-6,15,20H,7-14H2;1H. The molecule has 0 saturated carbocycles. The van der Waals surface area contributed by atoms with Gasteiger partial charge in [0.05, 0.1) is 10.5 Å². The number of piperazine rings is 1. The Kier molecular flexibility index (Phi) is 6.83. The predicted molar refractivity (Wildman–Crippen MR) is 112 cm³/mol. The molecule has 0 amide bonds. The van der Waals surface area contributed by atoms with Crippen molar-refractivity contribution >= 4 is 29.4 Å².